The zero-order chi connectivity index (χ0) is 14.9. The van der Waals surface area contributed by atoms with Gasteiger partial charge in [-0.25, -0.2) is 0 Å². The average Bonchev–Trinajstić information content (AvgIpc) is 2.87. The molecule has 4 nitrogen and oxygen atoms in total. The SMILES string of the molecule is CCOC(=O)CCC1(C)OCCn2c1cc1ccccc12. The number of hydrogen-bond donors (Lipinski definition) is 0. The van der Waals surface area contributed by atoms with Gasteiger partial charge in [0.05, 0.1) is 18.9 Å². The largest absolute Gasteiger partial charge is 0.466 e. The maximum Gasteiger partial charge on any atom is 0.305 e. The highest BCUT2D eigenvalue weighted by Crippen LogP contribution is 2.37. The summed E-state index contributed by atoms with van der Waals surface area (Å²) >= 11 is 0. The monoisotopic (exact) mass is 287 g/mol. The molecule has 0 N–H and O–H groups in total. The predicted octanol–water partition coefficient (Wildman–Crippen LogP) is 3.23. The number of aromatic nitrogens is 1. The third kappa shape index (κ3) is 2.56. The minimum Gasteiger partial charge on any atom is -0.466 e. The third-order valence-electron chi connectivity index (χ3n) is 4.20. The van der Waals surface area contributed by atoms with E-state index in [-0.39, 0.29) is 5.97 Å². The summed E-state index contributed by atoms with van der Waals surface area (Å²) in [6.07, 6.45) is 1.02. The molecule has 0 radical (unpaired) electrons. The summed E-state index contributed by atoms with van der Waals surface area (Å²) in [6, 6.07) is 10.5. The fourth-order valence-corrected chi connectivity index (χ4v) is 3.10. The molecule has 4 heteroatoms. The van der Waals surface area contributed by atoms with E-state index in [1.54, 1.807) is 0 Å². The van der Waals surface area contributed by atoms with E-state index in [2.05, 4.69) is 35.8 Å². The molecule has 0 spiro atoms. The second-order valence-corrected chi connectivity index (χ2v) is 5.62. The predicted molar refractivity (Wildman–Crippen MR) is 81.1 cm³/mol. The number of rotatable bonds is 4. The van der Waals surface area contributed by atoms with Crippen molar-refractivity contribution in [2.75, 3.05) is 13.2 Å². The number of ether oxygens (including phenoxy) is 2. The first-order valence-corrected chi connectivity index (χ1v) is 7.52. The van der Waals surface area contributed by atoms with Gasteiger partial charge < -0.3 is 14.0 Å². The first-order valence-electron chi connectivity index (χ1n) is 7.52. The Kier molecular flexibility index (Phi) is 3.72. The summed E-state index contributed by atoms with van der Waals surface area (Å²) < 4.78 is 13.4. The lowest BCUT2D eigenvalue weighted by Gasteiger charge is -2.35. The van der Waals surface area contributed by atoms with Crippen LogP contribution in [-0.4, -0.2) is 23.8 Å². The number of carbonyl (C=O) groups is 1. The second-order valence-electron chi connectivity index (χ2n) is 5.62. The van der Waals surface area contributed by atoms with E-state index < -0.39 is 5.60 Å². The second kappa shape index (κ2) is 5.53. The van der Waals surface area contributed by atoms with Gasteiger partial charge in [-0.2, -0.15) is 0 Å². The Labute approximate surface area is 124 Å². The van der Waals surface area contributed by atoms with Crippen LogP contribution in [0, 0.1) is 0 Å². The van der Waals surface area contributed by atoms with E-state index in [1.807, 2.05) is 13.0 Å². The maximum absolute atomic E-state index is 11.6. The van der Waals surface area contributed by atoms with Gasteiger partial charge >= 0.3 is 5.97 Å². The van der Waals surface area contributed by atoms with Crippen LogP contribution in [0.3, 0.4) is 0 Å². The Balaban J connectivity index is 1.90. The Bertz CT molecular complexity index is 661. The Morgan fingerprint density at radius 1 is 1.43 bits per heavy atom. The average molecular weight is 287 g/mol. The fourth-order valence-electron chi connectivity index (χ4n) is 3.10. The van der Waals surface area contributed by atoms with E-state index in [0.29, 0.717) is 26.1 Å². The van der Waals surface area contributed by atoms with E-state index in [9.17, 15) is 4.79 Å². The molecule has 1 aliphatic heterocycles. The van der Waals surface area contributed by atoms with Crippen LogP contribution in [0.1, 0.15) is 32.4 Å². The van der Waals surface area contributed by atoms with Crippen molar-refractivity contribution in [2.24, 2.45) is 0 Å². The molecular formula is C17H21NO3. The number of benzene rings is 1. The molecule has 1 unspecified atom stereocenters. The number of esters is 1. The molecule has 0 saturated heterocycles. The summed E-state index contributed by atoms with van der Waals surface area (Å²) in [4.78, 5) is 11.6. The molecule has 1 atom stereocenters. The molecule has 1 aromatic carbocycles. The Morgan fingerprint density at radius 2 is 2.24 bits per heavy atom. The molecule has 2 aromatic rings. The molecule has 1 aromatic heterocycles. The summed E-state index contributed by atoms with van der Waals surface area (Å²) in [5, 5.41) is 1.22. The van der Waals surface area contributed by atoms with Gasteiger partial charge in [0.25, 0.3) is 0 Å². The molecule has 0 amide bonds. The van der Waals surface area contributed by atoms with Gasteiger partial charge in [0.1, 0.15) is 5.60 Å². The molecule has 21 heavy (non-hydrogen) atoms. The van der Waals surface area contributed by atoms with Crippen LogP contribution < -0.4 is 0 Å². The van der Waals surface area contributed by atoms with Crippen molar-refractivity contribution < 1.29 is 14.3 Å². The molecule has 0 saturated carbocycles. The van der Waals surface area contributed by atoms with E-state index in [4.69, 9.17) is 9.47 Å². The highest BCUT2D eigenvalue weighted by atomic mass is 16.5. The number of para-hydroxylation sites is 1. The number of nitrogens with zero attached hydrogens (tertiary/aromatic N) is 1. The Hall–Kier alpha value is -1.81. The van der Waals surface area contributed by atoms with E-state index in [1.165, 1.54) is 10.9 Å². The molecule has 0 aliphatic carbocycles. The third-order valence-corrected chi connectivity index (χ3v) is 4.20. The van der Waals surface area contributed by atoms with E-state index >= 15 is 0 Å². The van der Waals surface area contributed by atoms with Crippen LogP contribution in [0.5, 0.6) is 0 Å². The van der Waals surface area contributed by atoms with Crippen molar-refractivity contribution in [1.29, 1.82) is 0 Å². The summed E-state index contributed by atoms with van der Waals surface area (Å²) in [5.74, 6) is -0.157. The van der Waals surface area contributed by atoms with Gasteiger partial charge in [-0.15, -0.1) is 0 Å². The fraction of sp³-hybridized carbons (Fsp3) is 0.471. The van der Waals surface area contributed by atoms with Gasteiger partial charge in [-0.3, -0.25) is 4.79 Å². The summed E-state index contributed by atoms with van der Waals surface area (Å²) in [7, 11) is 0. The van der Waals surface area contributed by atoms with Gasteiger partial charge in [-0.05, 0) is 37.8 Å². The van der Waals surface area contributed by atoms with Crippen molar-refractivity contribution in [2.45, 2.75) is 38.8 Å². The number of hydrogen-bond acceptors (Lipinski definition) is 3. The minimum atomic E-state index is -0.427. The lowest BCUT2D eigenvalue weighted by molar-refractivity contribution is -0.146. The van der Waals surface area contributed by atoms with E-state index in [0.717, 1.165) is 12.2 Å². The molecule has 3 rings (SSSR count). The van der Waals surface area contributed by atoms with Gasteiger partial charge in [0.2, 0.25) is 0 Å². The Morgan fingerprint density at radius 3 is 3.05 bits per heavy atom. The molecule has 0 fully saturated rings. The van der Waals surface area contributed by atoms with Gasteiger partial charge in [0, 0.05) is 18.5 Å². The molecular weight excluding hydrogens is 266 g/mol. The lowest BCUT2D eigenvalue weighted by Crippen LogP contribution is -2.36. The molecule has 2 heterocycles. The zero-order valence-electron chi connectivity index (χ0n) is 12.6. The molecule has 1 aliphatic rings. The van der Waals surface area contributed by atoms with Crippen molar-refractivity contribution >= 4 is 16.9 Å². The quantitative estimate of drug-likeness (QED) is 0.811. The van der Waals surface area contributed by atoms with Crippen molar-refractivity contribution in [3.05, 3.63) is 36.0 Å². The van der Waals surface area contributed by atoms with Gasteiger partial charge in [0.15, 0.2) is 0 Å². The van der Waals surface area contributed by atoms with Crippen LogP contribution in [0.15, 0.2) is 30.3 Å². The minimum absolute atomic E-state index is 0.157. The standard InChI is InChI=1S/C17H21NO3/c1-3-20-16(19)8-9-17(2)15-12-13-6-4-5-7-14(13)18(15)10-11-21-17/h4-7,12H,3,8-11H2,1-2H3. The van der Waals surface area contributed by atoms with Crippen LogP contribution in [-0.2, 0) is 26.4 Å². The van der Waals surface area contributed by atoms with Crippen molar-refractivity contribution in [1.82, 2.24) is 4.57 Å². The molecule has 112 valence electrons. The highest BCUT2D eigenvalue weighted by molar-refractivity contribution is 5.81. The summed E-state index contributed by atoms with van der Waals surface area (Å²) in [5.41, 5.74) is 1.96. The topological polar surface area (TPSA) is 40.5 Å². The normalized spacial score (nSPS) is 21.2. The van der Waals surface area contributed by atoms with Crippen LogP contribution >= 0.6 is 0 Å². The smallest absolute Gasteiger partial charge is 0.305 e. The van der Waals surface area contributed by atoms with Gasteiger partial charge in [-0.1, -0.05) is 18.2 Å². The zero-order valence-corrected chi connectivity index (χ0v) is 12.6. The number of carbonyl (C=O) groups excluding carboxylic acids is 1. The lowest BCUT2D eigenvalue weighted by atomic mass is 9.94. The first-order chi connectivity index (χ1) is 10.1. The maximum atomic E-state index is 11.6. The molecule has 0 bridgehead atoms. The van der Waals surface area contributed by atoms with Crippen LogP contribution in [0.25, 0.3) is 10.9 Å². The number of fused-ring (bicyclic) bond motifs is 3. The summed E-state index contributed by atoms with van der Waals surface area (Å²) in [6.45, 7) is 5.85. The van der Waals surface area contributed by atoms with Crippen molar-refractivity contribution in [3.8, 4) is 0 Å². The van der Waals surface area contributed by atoms with Crippen molar-refractivity contribution in [3.63, 3.8) is 0 Å². The highest BCUT2D eigenvalue weighted by Gasteiger charge is 2.35. The van der Waals surface area contributed by atoms with Crippen LogP contribution in [0.2, 0.25) is 0 Å². The first kappa shape index (κ1) is 14.1. The van der Waals surface area contributed by atoms with Crippen LogP contribution in [0.4, 0.5) is 0 Å².